The van der Waals surface area contributed by atoms with Crippen LogP contribution in [-0.2, 0) is 10.1 Å². The molecule has 0 spiro atoms. The Labute approximate surface area is 187 Å². The monoisotopic (exact) mass is 452 g/mol. The van der Waals surface area contributed by atoms with Crippen LogP contribution in [0, 0.1) is 0 Å². The summed E-state index contributed by atoms with van der Waals surface area (Å²) in [7, 11) is 3.65. The fourth-order valence-electron chi connectivity index (χ4n) is 4.12. The predicted octanol–water partition coefficient (Wildman–Crippen LogP) is -3.23. The molecule has 4 aromatic rings. The Bertz CT molecular complexity index is 1480. The van der Waals surface area contributed by atoms with Crippen LogP contribution in [0.15, 0.2) is 40.8 Å². The van der Waals surface area contributed by atoms with Gasteiger partial charge >= 0.3 is 15.6 Å². The summed E-state index contributed by atoms with van der Waals surface area (Å²) in [5, 5.41) is 1.42. The van der Waals surface area contributed by atoms with E-state index >= 15 is 0 Å². The highest BCUT2D eigenvalue weighted by molar-refractivity contribution is 7.88. The molecule has 0 aliphatic heterocycles. The molecule has 0 bridgehead atoms. The summed E-state index contributed by atoms with van der Waals surface area (Å²) in [5.41, 5.74) is 0.644. The summed E-state index contributed by atoms with van der Waals surface area (Å²) in [5.74, 6) is -0.428. The number of alkyl halides is 3. The lowest BCUT2D eigenvalue weighted by Gasteiger charge is -2.22. The third-order valence-electron chi connectivity index (χ3n) is 6.24. The van der Waals surface area contributed by atoms with Gasteiger partial charge < -0.3 is 8.60 Å². The molecule has 0 radical (unpaired) electrons. The average molecular weight is 451 g/mol. The highest BCUT2D eigenvalue weighted by Gasteiger charge is 2.49. The summed E-state index contributed by atoms with van der Waals surface area (Å²) in [6, 6.07) is 9.97. The van der Waals surface area contributed by atoms with Crippen LogP contribution in [0.4, 0.5) is 13.2 Å². The highest BCUT2D eigenvalue weighted by atomic mass is 32.2. The Hall–Kier alpha value is -2.68. The largest absolute Gasteiger partial charge is 0.534 e. The molecule has 4 rings (SSSR count). The van der Waals surface area contributed by atoms with Gasteiger partial charge in [-0.3, -0.25) is 0 Å². The Morgan fingerprint density at radius 3 is 1.91 bits per heavy atom. The van der Waals surface area contributed by atoms with Crippen molar-refractivity contribution < 1.29 is 30.2 Å². The number of benzene rings is 3. The molecule has 0 aliphatic rings. The molecule has 0 atom stereocenters. The maximum absolute atomic E-state index is 13.1. The molecule has 0 saturated carbocycles. The highest BCUT2D eigenvalue weighted by Crippen LogP contribution is 2.41. The minimum atomic E-state index is -5.88. The van der Waals surface area contributed by atoms with E-state index in [-0.39, 0.29) is 11.1 Å². The van der Waals surface area contributed by atoms with Crippen LogP contribution in [0.1, 0.15) is 0 Å². The van der Waals surface area contributed by atoms with Crippen LogP contribution in [0.2, 0.25) is 0 Å². The number of rotatable bonds is 3. The lowest BCUT2D eigenvalue weighted by molar-refractivity contribution is -0.0499. The molecule has 0 fully saturated rings. The first kappa shape index (κ1) is 22.5. The Morgan fingerprint density at radius 2 is 1.31 bits per heavy atom. The molecule has 4 nitrogen and oxygen atoms in total. The minimum absolute atomic E-state index is 0.188. The molecule has 3 aromatic carbocycles. The lowest BCUT2D eigenvalue weighted by Crippen LogP contribution is -2.55. The van der Waals surface area contributed by atoms with E-state index < -0.39 is 21.4 Å². The molecular formula is C19H16B5F3O4S. The van der Waals surface area contributed by atoms with Crippen LogP contribution in [0.3, 0.4) is 0 Å². The smallest absolute Gasteiger partial charge is 0.455 e. The number of hydrogen-bond acceptors (Lipinski definition) is 4. The molecule has 13 heteroatoms. The van der Waals surface area contributed by atoms with E-state index in [9.17, 15) is 21.6 Å². The number of para-hydroxylation sites is 1. The summed E-state index contributed by atoms with van der Waals surface area (Å²) >= 11 is 0. The van der Waals surface area contributed by atoms with Crippen molar-refractivity contribution in [3.8, 4) is 16.9 Å². The van der Waals surface area contributed by atoms with Gasteiger partial charge in [0.05, 0.1) is 5.56 Å². The van der Waals surface area contributed by atoms with Crippen molar-refractivity contribution in [2.75, 3.05) is 0 Å². The quantitative estimate of drug-likeness (QED) is 0.187. The van der Waals surface area contributed by atoms with Gasteiger partial charge in [-0.1, -0.05) is 29.1 Å². The summed E-state index contributed by atoms with van der Waals surface area (Å²) < 4.78 is 73.9. The van der Waals surface area contributed by atoms with Crippen molar-refractivity contribution in [2.24, 2.45) is 0 Å². The van der Waals surface area contributed by atoms with E-state index in [1.54, 1.807) is 12.1 Å². The predicted molar refractivity (Wildman–Crippen MR) is 136 cm³/mol. The van der Waals surface area contributed by atoms with E-state index in [0.717, 1.165) is 32.7 Å². The molecule has 1 heterocycles. The third kappa shape index (κ3) is 3.34. The standard InChI is InChI=1S/C19H16B5F3O4S/c20-13-12(14(21)16(23)17(24)15(13)22)11-10(31-32(28,29)19(25,26)27)6-5-8-7-3-1-2-4-9(7)30-18(8)11/h1-6H,20-24H2. The summed E-state index contributed by atoms with van der Waals surface area (Å²) in [6.07, 6.45) is 0. The van der Waals surface area contributed by atoms with Crippen molar-refractivity contribution in [1.82, 2.24) is 0 Å². The van der Waals surface area contributed by atoms with E-state index in [1.165, 1.54) is 12.1 Å². The van der Waals surface area contributed by atoms with Crippen LogP contribution in [0.25, 0.3) is 33.1 Å². The van der Waals surface area contributed by atoms with Crippen molar-refractivity contribution in [3.05, 3.63) is 36.4 Å². The normalized spacial score (nSPS) is 12.5. The van der Waals surface area contributed by atoms with Gasteiger partial charge in [0, 0.05) is 10.8 Å². The third-order valence-corrected chi connectivity index (χ3v) is 7.21. The van der Waals surface area contributed by atoms with Gasteiger partial charge in [-0.15, -0.1) is 16.4 Å². The average Bonchev–Trinajstić information content (AvgIpc) is 3.10. The summed E-state index contributed by atoms with van der Waals surface area (Å²) in [4.78, 5) is 0. The summed E-state index contributed by atoms with van der Waals surface area (Å²) in [6.45, 7) is 0. The molecule has 158 valence electrons. The molecule has 0 aliphatic carbocycles. The molecule has 0 unspecified atom stereocenters. The number of halogens is 3. The van der Waals surface area contributed by atoms with Crippen LogP contribution >= 0.6 is 0 Å². The molecule has 1 aromatic heterocycles. The van der Waals surface area contributed by atoms with Gasteiger partial charge in [-0.2, -0.15) is 21.6 Å². The van der Waals surface area contributed by atoms with Gasteiger partial charge in [0.2, 0.25) is 0 Å². The van der Waals surface area contributed by atoms with Gasteiger partial charge in [0.15, 0.2) is 5.75 Å². The van der Waals surface area contributed by atoms with Gasteiger partial charge in [0.1, 0.15) is 50.4 Å². The van der Waals surface area contributed by atoms with E-state index in [4.69, 9.17) is 4.42 Å². The van der Waals surface area contributed by atoms with Crippen LogP contribution in [0.5, 0.6) is 5.75 Å². The first-order chi connectivity index (χ1) is 14.8. The zero-order valence-electron chi connectivity index (χ0n) is 18.1. The molecular weight excluding hydrogens is 435 g/mol. The number of fused-ring (bicyclic) bond motifs is 3. The van der Waals surface area contributed by atoms with Gasteiger partial charge in [-0.25, -0.2) is 0 Å². The second-order valence-corrected chi connectivity index (χ2v) is 9.43. The van der Waals surface area contributed by atoms with Gasteiger partial charge in [0.25, 0.3) is 0 Å². The van der Waals surface area contributed by atoms with Crippen molar-refractivity contribution in [3.63, 3.8) is 0 Å². The maximum Gasteiger partial charge on any atom is 0.534 e. The van der Waals surface area contributed by atoms with Crippen molar-refractivity contribution in [2.45, 2.75) is 5.51 Å². The fraction of sp³-hybridized carbons (Fsp3) is 0.0526. The second-order valence-electron chi connectivity index (χ2n) is 7.90. The Kier molecular flexibility index (Phi) is 5.23. The Morgan fingerprint density at radius 1 is 0.750 bits per heavy atom. The number of hydrogen-bond donors (Lipinski definition) is 0. The minimum Gasteiger partial charge on any atom is -0.455 e. The lowest BCUT2D eigenvalue weighted by atomic mass is 9.59. The van der Waals surface area contributed by atoms with Crippen LogP contribution < -0.4 is 31.5 Å². The SMILES string of the molecule is Bc1c(B)c(B)c(-c2c(OS(=O)(=O)C(F)(F)F)ccc3c2oc2ccccc23)c(B)c1B. The molecule has 32 heavy (non-hydrogen) atoms. The van der Waals surface area contributed by atoms with Crippen LogP contribution in [-0.4, -0.2) is 53.2 Å². The van der Waals surface area contributed by atoms with E-state index in [2.05, 4.69) is 4.18 Å². The Balaban J connectivity index is 2.17. The van der Waals surface area contributed by atoms with E-state index in [0.29, 0.717) is 16.5 Å². The maximum atomic E-state index is 13.1. The first-order valence-corrected chi connectivity index (χ1v) is 11.3. The topological polar surface area (TPSA) is 56.5 Å². The van der Waals surface area contributed by atoms with E-state index in [1.807, 2.05) is 51.4 Å². The fourth-order valence-corrected chi connectivity index (χ4v) is 4.59. The van der Waals surface area contributed by atoms with Crippen molar-refractivity contribution >= 4 is 98.6 Å². The second kappa shape index (κ2) is 7.44. The number of furan rings is 1. The molecule has 0 N–H and O–H groups in total. The molecule has 0 amide bonds. The molecule has 0 saturated heterocycles. The first-order valence-electron chi connectivity index (χ1n) is 9.87. The zero-order valence-corrected chi connectivity index (χ0v) is 19.0. The van der Waals surface area contributed by atoms with Gasteiger partial charge in [-0.05, 0) is 23.8 Å². The van der Waals surface area contributed by atoms with Crippen molar-refractivity contribution in [1.29, 1.82) is 0 Å². The zero-order chi connectivity index (χ0) is 23.6.